The molecular formula is C14H20N2S. The van der Waals surface area contributed by atoms with Crippen molar-refractivity contribution < 1.29 is 0 Å². The van der Waals surface area contributed by atoms with Gasteiger partial charge in [0.05, 0.1) is 22.7 Å². The number of hydrogen-bond acceptors (Lipinski definition) is 3. The van der Waals surface area contributed by atoms with Crippen LogP contribution in [-0.2, 0) is 6.42 Å². The van der Waals surface area contributed by atoms with Gasteiger partial charge in [0.15, 0.2) is 0 Å². The molecule has 17 heavy (non-hydrogen) atoms. The second-order valence-corrected chi connectivity index (χ2v) is 6.00. The predicted molar refractivity (Wildman–Crippen MR) is 70.7 cm³/mol. The Morgan fingerprint density at radius 2 is 2.29 bits per heavy atom. The van der Waals surface area contributed by atoms with Crippen LogP contribution in [-0.4, -0.2) is 4.98 Å². The van der Waals surface area contributed by atoms with Crippen molar-refractivity contribution in [2.75, 3.05) is 0 Å². The third kappa shape index (κ3) is 3.07. The van der Waals surface area contributed by atoms with E-state index in [1.165, 1.54) is 25.7 Å². The molecule has 1 aromatic heterocycles. The highest BCUT2D eigenvalue weighted by Crippen LogP contribution is 2.42. The molecule has 1 aliphatic carbocycles. The number of nitrogens with zero attached hydrogens (tertiary/aromatic N) is 2. The van der Waals surface area contributed by atoms with Gasteiger partial charge in [0.25, 0.3) is 0 Å². The lowest BCUT2D eigenvalue weighted by Gasteiger charge is -2.34. The molecule has 0 radical (unpaired) electrons. The Bertz CT molecular complexity index is 369. The number of thiazole rings is 1. The Morgan fingerprint density at radius 3 is 2.82 bits per heavy atom. The van der Waals surface area contributed by atoms with Gasteiger partial charge in [-0.05, 0) is 31.6 Å². The molecule has 1 heterocycles. The van der Waals surface area contributed by atoms with E-state index in [0.717, 1.165) is 30.9 Å². The van der Waals surface area contributed by atoms with Crippen LogP contribution in [0.15, 0.2) is 10.9 Å². The summed E-state index contributed by atoms with van der Waals surface area (Å²) in [6.07, 6.45) is 8.04. The standard InChI is InChI=1S/C14H20N2S/c1-2-3-12-4-6-14(10-15,7-5-12)8-13-9-17-11-16-13/h9,11-12H,2-8H2,1H3. The van der Waals surface area contributed by atoms with Crippen LogP contribution in [0.2, 0.25) is 0 Å². The van der Waals surface area contributed by atoms with Crippen molar-refractivity contribution in [2.45, 2.75) is 51.9 Å². The molecule has 1 saturated carbocycles. The van der Waals surface area contributed by atoms with Crippen LogP contribution in [0.25, 0.3) is 0 Å². The molecule has 0 aliphatic heterocycles. The summed E-state index contributed by atoms with van der Waals surface area (Å²) in [4.78, 5) is 4.33. The number of rotatable bonds is 4. The predicted octanol–water partition coefficient (Wildman–Crippen LogP) is 4.19. The van der Waals surface area contributed by atoms with Crippen molar-refractivity contribution in [3.63, 3.8) is 0 Å². The Morgan fingerprint density at radius 1 is 1.53 bits per heavy atom. The van der Waals surface area contributed by atoms with E-state index >= 15 is 0 Å². The van der Waals surface area contributed by atoms with Gasteiger partial charge < -0.3 is 0 Å². The zero-order valence-corrected chi connectivity index (χ0v) is 11.3. The molecule has 2 nitrogen and oxygen atoms in total. The average Bonchev–Trinajstić information content (AvgIpc) is 2.85. The highest BCUT2D eigenvalue weighted by molar-refractivity contribution is 7.07. The number of nitriles is 1. The Balaban J connectivity index is 1.96. The van der Waals surface area contributed by atoms with E-state index in [9.17, 15) is 5.26 Å². The number of hydrogen-bond donors (Lipinski definition) is 0. The Labute approximate surface area is 108 Å². The summed E-state index contributed by atoms with van der Waals surface area (Å²) in [6, 6.07) is 2.58. The van der Waals surface area contributed by atoms with Crippen LogP contribution in [0, 0.1) is 22.7 Å². The van der Waals surface area contributed by atoms with E-state index in [1.807, 2.05) is 5.51 Å². The molecule has 0 bridgehead atoms. The van der Waals surface area contributed by atoms with Gasteiger partial charge in [-0.2, -0.15) is 5.26 Å². The van der Waals surface area contributed by atoms with Gasteiger partial charge in [-0.3, -0.25) is 0 Å². The quantitative estimate of drug-likeness (QED) is 0.801. The first-order chi connectivity index (χ1) is 8.28. The maximum Gasteiger partial charge on any atom is 0.0794 e. The highest BCUT2D eigenvalue weighted by atomic mass is 32.1. The molecule has 0 saturated heterocycles. The second kappa shape index (κ2) is 5.64. The molecule has 1 aromatic rings. The fourth-order valence-electron chi connectivity index (χ4n) is 2.93. The summed E-state index contributed by atoms with van der Waals surface area (Å²) >= 11 is 1.63. The van der Waals surface area contributed by atoms with Crippen LogP contribution < -0.4 is 0 Å². The molecule has 0 unspecified atom stereocenters. The minimum Gasteiger partial charge on any atom is -0.250 e. The lowest BCUT2D eigenvalue weighted by Crippen LogP contribution is -2.28. The van der Waals surface area contributed by atoms with E-state index in [1.54, 1.807) is 11.3 Å². The van der Waals surface area contributed by atoms with E-state index in [4.69, 9.17) is 0 Å². The van der Waals surface area contributed by atoms with Crippen molar-refractivity contribution in [3.8, 4) is 6.07 Å². The molecule has 1 fully saturated rings. The van der Waals surface area contributed by atoms with E-state index in [0.29, 0.717) is 0 Å². The molecule has 0 amide bonds. The lowest BCUT2D eigenvalue weighted by molar-refractivity contribution is 0.199. The van der Waals surface area contributed by atoms with Crippen molar-refractivity contribution >= 4 is 11.3 Å². The average molecular weight is 248 g/mol. The normalized spacial score (nSPS) is 28.8. The van der Waals surface area contributed by atoms with Crippen LogP contribution in [0.1, 0.15) is 51.1 Å². The third-order valence-corrected chi connectivity index (χ3v) is 4.63. The van der Waals surface area contributed by atoms with E-state index < -0.39 is 0 Å². The topological polar surface area (TPSA) is 36.7 Å². The molecular weight excluding hydrogens is 228 g/mol. The second-order valence-electron chi connectivity index (χ2n) is 5.28. The molecule has 0 N–H and O–H groups in total. The summed E-state index contributed by atoms with van der Waals surface area (Å²) in [5.41, 5.74) is 2.84. The highest BCUT2D eigenvalue weighted by Gasteiger charge is 2.35. The summed E-state index contributed by atoms with van der Waals surface area (Å²) in [5, 5.41) is 11.6. The van der Waals surface area contributed by atoms with Crippen molar-refractivity contribution in [3.05, 3.63) is 16.6 Å². The zero-order chi connectivity index (χ0) is 12.1. The summed E-state index contributed by atoms with van der Waals surface area (Å²) in [6.45, 7) is 2.25. The van der Waals surface area contributed by atoms with E-state index in [2.05, 4.69) is 23.4 Å². The SMILES string of the molecule is CCCC1CCC(C#N)(Cc2cscn2)CC1. The van der Waals surface area contributed by atoms with Crippen LogP contribution in [0.3, 0.4) is 0 Å². The summed E-state index contributed by atoms with van der Waals surface area (Å²) in [5.74, 6) is 0.858. The molecule has 0 aromatic carbocycles. The minimum absolute atomic E-state index is 0.127. The maximum absolute atomic E-state index is 9.48. The molecule has 3 heteroatoms. The van der Waals surface area contributed by atoms with Gasteiger partial charge in [0.2, 0.25) is 0 Å². The lowest BCUT2D eigenvalue weighted by atomic mass is 9.68. The summed E-state index contributed by atoms with van der Waals surface area (Å²) < 4.78 is 0. The first-order valence-corrected chi connectivity index (χ1v) is 7.50. The van der Waals surface area contributed by atoms with Gasteiger partial charge in [-0.15, -0.1) is 11.3 Å². The van der Waals surface area contributed by atoms with Gasteiger partial charge in [-0.1, -0.05) is 19.8 Å². The minimum atomic E-state index is -0.127. The zero-order valence-electron chi connectivity index (χ0n) is 10.5. The number of aromatic nitrogens is 1. The van der Waals surface area contributed by atoms with Crippen molar-refractivity contribution in [1.82, 2.24) is 4.98 Å². The molecule has 1 aliphatic rings. The maximum atomic E-state index is 9.48. The molecule has 0 atom stereocenters. The Hall–Kier alpha value is -0.880. The van der Waals surface area contributed by atoms with Gasteiger partial charge in [0.1, 0.15) is 0 Å². The van der Waals surface area contributed by atoms with Crippen LogP contribution >= 0.6 is 11.3 Å². The van der Waals surface area contributed by atoms with Crippen molar-refractivity contribution in [2.24, 2.45) is 11.3 Å². The van der Waals surface area contributed by atoms with Crippen LogP contribution in [0.5, 0.6) is 0 Å². The van der Waals surface area contributed by atoms with E-state index in [-0.39, 0.29) is 5.41 Å². The monoisotopic (exact) mass is 248 g/mol. The Kier molecular flexibility index (Phi) is 4.17. The van der Waals surface area contributed by atoms with Crippen molar-refractivity contribution in [1.29, 1.82) is 5.26 Å². The molecule has 2 rings (SSSR count). The first kappa shape index (κ1) is 12.6. The van der Waals surface area contributed by atoms with Gasteiger partial charge in [-0.25, -0.2) is 4.98 Å². The fourth-order valence-corrected chi connectivity index (χ4v) is 3.49. The molecule has 92 valence electrons. The fraction of sp³-hybridized carbons (Fsp3) is 0.714. The summed E-state index contributed by atoms with van der Waals surface area (Å²) in [7, 11) is 0. The third-order valence-electron chi connectivity index (χ3n) is 4.00. The largest absolute Gasteiger partial charge is 0.250 e. The smallest absolute Gasteiger partial charge is 0.0794 e. The van der Waals surface area contributed by atoms with Gasteiger partial charge in [0, 0.05) is 11.8 Å². The van der Waals surface area contributed by atoms with Gasteiger partial charge >= 0.3 is 0 Å². The first-order valence-electron chi connectivity index (χ1n) is 6.56. The molecule has 0 spiro atoms. The van der Waals surface area contributed by atoms with Crippen LogP contribution in [0.4, 0.5) is 0 Å².